The molecule has 0 aromatic carbocycles. The molecule has 0 saturated carbocycles. The van der Waals surface area contributed by atoms with Gasteiger partial charge in [-0.2, -0.15) is 13.2 Å². The Morgan fingerprint density at radius 2 is 1.97 bits per heavy atom. The summed E-state index contributed by atoms with van der Waals surface area (Å²) in [6.07, 6.45) is -1.07. The van der Waals surface area contributed by atoms with Crippen LogP contribution in [0.4, 0.5) is 23.9 Å². The highest BCUT2D eigenvalue weighted by Gasteiger charge is 2.35. The number of hydrogen-bond acceptors (Lipinski definition) is 7. The first-order valence-corrected chi connectivity index (χ1v) is 10.1. The van der Waals surface area contributed by atoms with E-state index in [1.54, 1.807) is 30.6 Å². The number of halogens is 3. The Balaban J connectivity index is 1.73. The topological polar surface area (TPSA) is 94.4 Å². The van der Waals surface area contributed by atoms with Crippen LogP contribution in [0, 0.1) is 5.41 Å². The number of rotatable bonds is 5. The van der Waals surface area contributed by atoms with Crippen LogP contribution in [0.25, 0.3) is 5.57 Å². The first kappa shape index (κ1) is 22.8. The van der Waals surface area contributed by atoms with Crippen molar-refractivity contribution in [3.05, 3.63) is 23.7 Å². The molecule has 1 aromatic rings. The highest BCUT2D eigenvalue weighted by molar-refractivity contribution is 6.07. The van der Waals surface area contributed by atoms with Crippen LogP contribution in [0.1, 0.15) is 45.0 Å². The average Bonchev–Trinajstić information content (AvgIpc) is 3.08. The lowest BCUT2D eigenvalue weighted by Crippen LogP contribution is -2.39. The van der Waals surface area contributed by atoms with Gasteiger partial charge >= 0.3 is 12.3 Å². The van der Waals surface area contributed by atoms with Gasteiger partial charge in [-0.1, -0.05) is 0 Å². The minimum absolute atomic E-state index is 0.0146. The number of anilines is 1. The molecule has 31 heavy (non-hydrogen) atoms. The largest absolute Gasteiger partial charge is 0.444 e. The lowest BCUT2D eigenvalue weighted by molar-refractivity contribution is -0.141. The molecule has 2 fully saturated rings. The molecule has 11 heteroatoms. The van der Waals surface area contributed by atoms with Gasteiger partial charge in [0.2, 0.25) is 5.95 Å². The third-order valence-corrected chi connectivity index (χ3v) is 4.91. The minimum Gasteiger partial charge on any atom is -0.444 e. The number of nitrogens with zero attached hydrogens (tertiary/aromatic N) is 4. The molecular weight excluding hydrogens is 413 g/mol. The van der Waals surface area contributed by atoms with Crippen molar-refractivity contribution < 1.29 is 22.7 Å². The molecule has 170 valence electrons. The third-order valence-electron chi connectivity index (χ3n) is 4.91. The maximum Gasteiger partial charge on any atom is 0.433 e. The van der Waals surface area contributed by atoms with Crippen LogP contribution in [0.3, 0.4) is 0 Å². The predicted octanol–water partition coefficient (Wildman–Crippen LogP) is 3.29. The number of aromatic nitrogens is 2. The number of ether oxygens (including phenoxy) is 1. The van der Waals surface area contributed by atoms with E-state index in [2.05, 4.69) is 15.3 Å². The lowest BCUT2D eigenvalue weighted by atomic mass is 10.1. The van der Waals surface area contributed by atoms with E-state index in [4.69, 9.17) is 10.1 Å². The summed E-state index contributed by atoms with van der Waals surface area (Å²) in [7, 11) is 0. The van der Waals surface area contributed by atoms with Crippen molar-refractivity contribution in [2.24, 2.45) is 0 Å². The molecule has 1 unspecified atom stereocenters. The summed E-state index contributed by atoms with van der Waals surface area (Å²) in [5, 5.41) is 10.8. The van der Waals surface area contributed by atoms with Gasteiger partial charge in [-0.05, 0) is 39.7 Å². The van der Waals surface area contributed by atoms with Crippen molar-refractivity contribution in [2.75, 3.05) is 31.1 Å². The van der Waals surface area contributed by atoms with E-state index >= 15 is 0 Å². The van der Waals surface area contributed by atoms with Crippen molar-refractivity contribution in [1.29, 1.82) is 5.41 Å². The molecule has 0 aliphatic carbocycles. The maximum atomic E-state index is 13.3. The van der Waals surface area contributed by atoms with E-state index in [0.717, 1.165) is 18.7 Å². The Morgan fingerprint density at radius 3 is 2.52 bits per heavy atom. The number of likely N-dealkylation sites (tertiary alicyclic amines) is 1. The molecule has 2 saturated heterocycles. The normalized spacial score (nSPS) is 19.8. The van der Waals surface area contributed by atoms with E-state index in [-0.39, 0.29) is 23.3 Å². The van der Waals surface area contributed by atoms with E-state index in [1.165, 1.54) is 6.20 Å². The molecule has 2 N–H and O–H groups in total. The van der Waals surface area contributed by atoms with E-state index < -0.39 is 23.6 Å². The molecule has 1 aromatic heterocycles. The second kappa shape index (κ2) is 8.72. The van der Waals surface area contributed by atoms with Crippen molar-refractivity contribution in [3.8, 4) is 0 Å². The number of carbonyl (C=O) groups is 1. The van der Waals surface area contributed by atoms with Gasteiger partial charge in [0.25, 0.3) is 0 Å². The molecule has 3 heterocycles. The molecule has 0 radical (unpaired) electrons. The Labute approximate surface area is 179 Å². The fraction of sp³-hybridized carbons (Fsp3) is 0.600. The third kappa shape index (κ3) is 5.86. The van der Waals surface area contributed by atoms with Gasteiger partial charge in [0, 0.05) is 50.2 Å². The number of carbonyl (C=O) groups excluding carboxylic acids is 1. The second-order valence-electron chi connectivity index (χ2n) is 8.60. The molecular formula is C20H27F3N6O2. The number of amides is 1. The number of alkyl halides is 3. The smallest absolute Gasteiger partial charge is 0.433 e. The number of hydrogen-bond donors (Lipinski definition) is 2. The van der Waals surface area contributed by atoms with E-state index in [1.807, 2.05) is 0 Å². The second-order valence-corrected chi connectivity index (χ2v) is 8.60. The Bertz CT molecular complexity index is 861. The van der Waals surface area contributed by atoms with Gasteiger partial charge < -0.3 is 25.3 Å². The average molecular weight is 440 g/mol. The van der Waals surface area contributed by atoms with Crippen molar-refractivity contribution in [3.63, 3.8) is 0 Å². The summed E-state index contributed by atoms with van der Waals surface area (Å²) < 4.78 is 45.3. The van der Waals surface area contributed by atoms with Crippen LogP contribution >= 0.6 is 0 Å². The summed E-state index contributed by atoms with van der Waals surface area (Å²) in [6.45, 7) is 7.48. The van der Waals surface area contributed by atoms with Crippen molar-refractivity contribution >= 4 is 23.8 Å². The molecule has 1 amide bonds. The zero-order valence-electron chi connectivity index (χ0n) is 17.8. The fourth-order valence-corrected chi connectivity index (χ4v) is 3.17. The molecule has 2 aliphatic rings. The molecule has 0 bridgehead atoms. The summed E-state index contributed by atoms with van der Waals surface area (Å²) >= 11 is 0. The van der Waals surface area contributed by atoms with Gasteiger partial charge in [-0.15, -0.1) is 0 Å². The monoisotopic (exact) mass is 440 g/mol. The first-order chi connectivity index (χ1) is 14.5. The minimum atomic E-state index is -4.61. The Morgan fingerprint density at radius 1 is 1.26 bits per heavy atom. The standard InChI is InChI=1S/C20H27F3N6O2/c1-19(2,3)31-18(30)29-8-5-14(12-29)25-11-13(10-24)15-9-16(20(21,22)23)27-17(26-15)28-6-4-7-28/h9-11,14,24-25H,4-8,12H2,1-3H3/b13-11+,24-10?. The number of allylic oxidation sites excluding steroid dienone is 1. The summed E-state index contributed by atoms with van der Waals surface area (Å²) in [5.41, 5.74) is -1.41. The SMILES string of the molecule is CC(C)(C)OC(=O)N1CCC(N/C=C(\C=N)c2cc(C(F)(F)F)nc(N3CCC3)n2)C1. The van der Waals surface area contributed by atoms with Gasteiger partial charge in [0.1, 0.15) is 5.60 Å². The highest BCUT2D eigenvalue weighted by atomic mass is 19.4. The van der Waals surface area contributed by atoms with Crippen molar-refractivity contribution in [1.82, 2.24) is 20.2 Å². The molecule has 1 atom stereocenters. The van der Waals surface area contributed by atoms with Gasteiger partial charge in [-0.25, -0.2) is 14.8 Å². The molecule has 2 aliphatic heterocycles. The van der Waals surface area contributed by atoms with Crippen LogP contribution in [-0.4, -0.2) is 65.0 Å². The Kier molecular flexibility index (Phi) is 6.42. The van der Waals surface area contributed by atoms with Gasteiger partial charge in [0.05, 0.1) is 5.69 Å². The maximum absolute atomic E-state index is 13.3. The molecule has 3 rings (SSSR count). The number of nitrogens with one attached hydrogen (secondary N) is 2. The lowest BCUT2D eigenvalue weighted by Gasteiger charge is -2.31. The van der Waals surface area contributed by atoms with Gasteiger partial charge in [-0.3, -0.25) is 0 Å². The zero-order valence-corrected chi connectivity index (χ0v) is 17.8. The van der Waals surface area contributed by atoms with E-state index in [0.29, 0.717) is 32.6 Å². The van der Waals surface area contributed by atoms with Gasteiger partial charge in [0.15, 0.2) is 5.69 Å². The van der Waals surface area contributed by atoms with Crippen LogP contribution in [0.2, 0.25) is 0 Å². The van der Waals surface area contributed by atoms with Crippen molar-refractivity contribution in [2.45, 2.75) is 51.4 Å². The molecule has 8 nitrogen and oxygen atoms in total. The summed E-state index contributed by atoms with van der Waals surface area (Å²) in [4.78, 5) is 23.3. The van der Waals surface area contributed by atoms with E-state index in [9.17, 15) is 18.0 Å². The molecule has 0 spiro atoms. The zero-order chi connectivity index (χ0) is 22.8. The predicted molar refractivity (Wildman–Crippen MR) is 110 cm³/mol. The van der Waals surface area contributed by atoms with Crippen LogP contribution in [0.5, 0.6) is 0 Å². The van der Waals surface area contributed by atoms with Crippen LogP contribution in [0.15, 0.2) is 12.3 Å². The quantitative estimate of drug-likeness (QED) is 0.683. The first-order valence-electron chi connectivity index (χ1n) is 10.1. The Hall–Kier alpha value is -2.85. The van der Waals surface area contributed by atoms with Crippen LogP contribution < -0.4 is 10.2 Å². The highest BCUT2D eigenvalue weighted by Crippen LogP contribution is 2.31. The summed E-state index contributed by atoms with van der Waals surface area (Å²) in [6, 6.07) is 0.741. The van der Waals surface area contributed by atoms with Crippen LogP contribution in [-0.2, 0) is 10.9 Å². The fourth-order valence-electron chi connectivity index (χ4n) is 3.17. The summed E-state index contributed by atoms with van der Waals surface area (Å²) in [5.74, 6) is 0.0146.